The highest BCUT2D eigenvalue weighted by molar-refractivity contribution is 7.14. The summed E-state index contributed by atoms with van der Waals surface area (Å²) in [5.74, 6) is -0.288. The fraction of sp³-hybridized carbons (Fsp3) is 0.429. The van der Waals surface area contributed by atoms with Crippen molar-refractivity contribution in [3.63, 3.8) is 0 Å². The van der Waals surface area contributed by atoms with Crippen molar-refractivity contribution in [1.82, 2.24) is 0 Å². The smallest absolute Gasteiger partial charge is 0.412 e. The highest BCUT2D eigenvalue weighted by Gasteiger charge is 2.16. The number of methoxy groups -OCH3 is 1. The van der Waals surface area contributed by atoms with Gasteiger partial charge in [0.15, 0.2) is 0 Å². The van der Waals surface area contributed by atoms with E-state index in [1.54, 1.807) is 12.2 Å². The third-order valence-electron chi connectivity index (χ3n) is 2.07. The van der Waals surface area contributed by atoms with Gasteiger partial charge in [0.25, 0.3) is 0 Å². The number of nitrogens with one attached hydrogen (secondary N) is 1. The Hall–Kier alpha value is -1.82. The number of rotatable bonds is 4. The second-order valence-electron chi connectivity index (χ2n) is 5.05. The second-order valence-corrected chi connectivity index (χ2v) is 5.97. The highest BCUT2D eigenvalue weighted by atomic mass is 32.1. The molecule has 1 rings (SSSR count). The van der Waals surface area contributed by atoms with Gasteiger partial charge in [-0.05, 0) is 32.4 Å². The van der Waals surface area contributed by atoms with Crippen LogP contribution in [0.2, 0.25) is 0 Å². The number of carbonyl (C=O) groups is 2. The van der Waals surface area contributed by atoms with Gasteiger partial charge in [0.05, 0.1) is 18.5 Å². The molecule has 0 aliphatic heterocycles. The molecular weight excluding hydrogens is 278 g/mol. The standard InChI is InChI=1S/C14H19NO4S/c1-14(2,3)19-13(17)15-11-8-10(9-20-11)6-5-7-12(16)18-4/h5-6,8-9H,7H2,1-4H3,(H,15,17). The van der Waals surface area contributed by atoms with E-state index >= 15 is 0 Å². The van der Waals surface area contributed by atoms with E-state index in [4.69, 9.17) is 4.74 Å². The Labute approximate surface area is 122 Å². The van der Waals surface area contributed by atoms with E-state index in [0.29, 0.717) is 5.00 Å². The fourth-order valence-corrected chi connectivity index (χ4v) is 2.04. The van der Waals surface area contributed by atoms with Crippen molar-refractivity contribution >= 4 is 34.5 Å². The molecule has 1 heterocycles. The van der Waals surface area contributed by atoms with Gasteiger partial charge in [0, 0.05) is 5.38 Å². The molecule has 0 fully saturated rings. The number of hydrogen-bond acceptors (Lipinski definition) is 5. The maximum atomic E-state index is 11.6. The number of anilines is 1. The Balaban J connectivity index is 2.51. The van der Waals surface area contributed by atoms with Gasteiger partial charge in [-0.15, -0.1) is 11.3 Å². The Bertz CT molecular complexity index is 500. The fourth-order valence-electron chi connectivity index (χ4n) is 1.28. The minimum Gasteiger partial charge on any atom is -0.469 e. The number of thiophene rings is 1. The first-order valence-corrected chi connectivity index (χ1v) is 7.00. The normalized spacial score (nSPS) is 11.4. The van der Waals surface area contributed by atoms with E-state index in [2.05, 4.69) is 10.1 Å². The van der Waals surface area contributed by atoms with Crippen molar-refractivity contribution < 1.29 is 19.1 Å². The molecule has 20 heavy (non-hydrogen) atoms. The van der Waals surface area contributed by atoms with E-state index in [9.17, 15) is 9.59 Å². The van der Waals surface area contributed by atoms with Crippen LogP contribution in [0.5, 0.6) is 0 Å². The van der Waals surface area contributed by atoms with Crippen molar-refractivity contribution in [3.05, 3.63) is 23.1 Å². The summed E-state index contributed by atoms with van der Waals surface area (Å²) in [6, 6.07) is 1.81. The summed E-state index contributed by atoms with van der Waals surface area (Å²) in [5.41, 5.74) is 0.384. The van der Waals surface area contributed by atoms with Crippen molar-refractivity contribution in [2.45, 2.75) is 32.8 Å². The summed E-state index contributed by atoms with van der Waals surface area (Å²) < 4.78 is 9.69. The predicted octanol–water partition coefficient (Wildman–Crippen LogP) is 3.67. The summed E-state index contributed by atoms with van der Waals surface area (Å²) in [6.45, 7) is 5.42. The van der Waals surface area contributed by atoms with Gasteiger partial charge in [-0.1, -0.05) is 12.2 Å². The molecule has 0 bridgehead atoms. The van der Waals surface area contributed by atoms with Crippen molar-refractivity contribution in [2.24, 2.45) is 0 Å². The van der Waals surface area contributed by atoms with Gasteiger partial charge in [-0.25, -0.2) is 4.79 Å². The minimum atomic E-state index is -0.523. The molecule has 5 nitrogen and oxygen atoms in total. The van der Waals surface area contributed by atoms with E-state index in [1.807, 2.05) is 32.2 Å². The van der Waals surface area contributed by atoms with E-state index in [0.717, 1.165) is 5.56 Å². The zero-order valence-corrected chi connectivity index (χ0v) is 12.9. The molecule has 0 atom stereocenters. The molecule has 110 valence electrons. The van der Waals surface area contributed by atoms with Crippen LogP contribution in [0.25, 0.3) is 6.08 Å². The largest absolute Gasteiger partial charge is 0.469 e. The first-order chi connectivity index (χ1) is 9.30. The molecule has 1 amide bonds. The Morgan fingerprint density at radius 3 is 2.70 bits per heavy atom. The molecule has 6 heteroatoms. The molecular formula is C14H19NO4S. The molecule has 0 spiro atoms. The molecule has 0 radical (unpaired) electrons. The van der Waals surface area contributed by atoms with E-state index in [-0.39, 0.29) is 12.4 Å². The van der Waals surface area contributed by atoms with Crippen LogP contribution < -0.4 is 5.32 Å². The first kappa shape index (κ1) is 16.2. The van der Waals surface area contributed by atoms with Crippen molar-refractivity contribution in [2.75, 3.05) is 12.4 Å². The molecule has 1 aromatic heterocycles. The van der Waals surface area contributed by atoms with E-state index in [1.165, 1.54) is 18.4 Å². The van der Waals surface area contributed by atoms with E-state index < -0.39 is 11.7 Å². The van der Waals surface area contributed by atoms with Gasteiger partial charge in [0.2, 0.25) is 0 Å². The lowest BCUT2D eigenvalue weighted by Crippen LogP contribution is -2.26. The molecule has 1 aromatic rings. The molecule has 0 aliphatic rings. The summed E-state index contributed by atoms with van der Waals surface area (Å²) in [5, 5.41) is 5.23. The Kier molecular flexibility index (Phi) is 5.76. The second kappa shape index (κ2) is 7.09. The molecule has 0 saturated heterocycles. The SMILES string of the molecule is COC(=O)CC=Cc1csc(NC(=O)OC(C)(C)C)c1. The van der Waals surface area contributed by atoms with Gasteiger partial charge in [0.1, 0.15) is 5.60 Å². The van der Waals surface area contributed by atoms with Crippen LogP contribution in [-0.2, 0) is 14.3 Å². The summed E-state index contributed by atoms with van der Waals surface area (Å²) in [6.07, 6.45) is 3.25. The lowest BCUT2D eigenvalue weighted by Gasteiger charge is -2.19. The maximum Gasteiger partial charge on any atom is 0.412 e. The van der Waals surface area contributed by atoms with Gasteiger partial charge in [-0.3, -0.25) is 10.1 Å². The summed E-state index contributed by atoms with van der Waals surface area (Å²) in [4.78, 5) is 22.5. The number of ether oxygens (including phenoxy) is 2. The van der Waals surface area contributed by atoms with Crippen LogP contribution in [0.15, 0.2) is 17.5 Å². The average molecular weight is 297 g/mol. The number of esters is 1. The van der Waals surface area contributed by atoms with Crippen molar-refractivity contribution in [3.8, 4) is 0 Å². The topological polar surface area (TPSA) is 64.6 Å². The summed E-state index contributed by atoms with van der Waals surface area (Å²) in [7, 11) is 1.35. The predicted molar refractivity (Wildman–Crippen MR) is 79.8 cm³/mol. The first-order valence-electron chi connectivity index (χ1n) is 6.12. The minimum absolute atomic E-state index is 0.223. The molecule has 1 N–H and O–H groups in total. The molecule has 0 saturated carbocycles. The number of amides is 1. The lowest BCUT2D eigenvalue weighted by atomic mass is 10.2. The van der Waals surface area contributed by atoms with Crippen LogP contribution in [0.4, 0.5) is 9.80 Å². The molecule has 0 aromatic carbocycles. The quantitative estimate of drug-likeness (QED) is 0.861. The molecule has 0 aliphatic carbocycles. The van der Waals surface area contributed by atoms with Crippen LogP contribution in [0.3, 0.4) is 0 Å². The van der Waals surface area contributed by atoms with Crippen LogP contribution in [0, 0.1) is 0 Å². The summed E-state index contributed by atoms with van der Waals surface area (Å²) >= 11 is 1.39. The third-order valence-corrected chi connectivity index (χ3v) is 2.93. The highest BCUT2D eigenvalue weighted by Crippen LogP contribution is 2.22. The van der Waals surface area contributed by atoms with Crippen LogP contribution >= 0.6 is 11.3 Å². The number of hydrogen-bond donors (Lipinski definition) is 1. The van der Waals surface area contributed by atoms with Gasteiger partial charge in [-0.2, -0.15) is 0 Å². The maximum absolute atomic E-state index is 11.6. The Morgan fingerprint density at radius 2 is 2.10 bits per heavy atom. The van der Waals surface area contributed by atoms with Crippen molar-refractivity contribution in [1.29, 1.82) is 0 Å². The zero-order chi connectivity index (χ0) is 15.2. The van der Waals surface area contributed by atoms with Crippen LogP contribution in [0.1, 0.15) is 32.8 Å². The monoisotopic (exact) mass is 297 g/mol. The molecule has 0 unspecified atom stereocenters. The van der Waals surface area contributed by atoms with Gasteiger partial charge >= 0.3 is 12.1 Å². The third kappa shape index (κ3) is 6.38. The Morgan fingerprint density at radius 1 is 1.40 bits per heavy atom. The van der Waals surface area contributed by atoms with Gasteiger partial charge < -0.3 is 9.47 Å². The number of carbonyl (C=O) groups excluding carboxylic acids is 2. The average Bonchev–Trinajstić information content (AvgIpc) is 2.73. The lowest BCUT2D eigenvalue weighted by molar-refractivity contribution is -0.139. The zero-order valence-electron chi connectivity index (χ0n) is 12.1. The van der Waals surface area contributed by atoms with Crippen LogP contribution in [-0.4, -0.2) is 24.8 Å².